The smallest absolute Gasteiger partial charge is 0.465 e. The van der Waals surface area contributed by atoms with Crippen LogP contribution in [0.25, 0.3) is 21.5 Å². The van der Waals surface area contributed by atoms with Crippen molar-refractivity contribution in [2.24, 2.45) is 0 Å². The van der Waals surface area contributed by atoms with Crippen LogP contribution in [0.1, 0.15) is 48.4 Å². The van der Waals surface area contributed by atoms with E-state index < -0.39 is 18.3 Å². The van der Waals surface area contributed by atoms with Crippen molar-refractivity contribution in [3.8, 4) is 0 Å². The van der Waals surface area contributed by atoms with Gasteiger partial charge in [-0.25, -0.2) is 9.59 Å². The highest BCUT2D eigenvalue weighted by atomic mass is 79.9. The van der Waals surface area contributed by atoms with Gasteiger partial charge in [0.05, 0.1) is 36.5 Å². The molecule has 196 valence electrons. The molecule has 5 rings (SSSR count). The average molecular weight is 577 g/mol. The maximum Gasteiger partial charge on any atom is 0.494 e. The monoisotopic (exact) mass is 576 g/mol. The van der Waals surface area contributed by atoms with Crippen LogP contribution in [0.3, 0.4) is 0 Å². The Balaban J connectivity index is 0.000000194. The zero-order valence-corrected chi connectivity index (χ0v) is 23.9. The third kappa shape index (κ3) is 5.48. The molecular weight excluding hydrogens is 547 g/mol. The maximum absolute atomic E-state index is 12.0. The average Bonchev–Trinajstić information content (AvgIpc) is 3.13. The van der Waals surface area contributed by atoms with Gasteiger partial charge in [0, 0.05) is 4.47 Å². The largest absolute Gasteiger partial charge is 0.494 e. The number of ether oxygens (including phenoxy) is 2. The van der Waals surface area contributed by atoms with Crippen molar-refractivity contribution < 1.29 is 28.4 Å². The second-order valence-electron chi connectivity index (χ2n) is 10.0. The number of carbonyl (C=O) groups excluding carboxylic acids is 2. The molecule has 0 amide bonds. The van der Waals surface area contributed by atoms with E-state index in [0.717, 1.165) is 31.5 Å². The highest BCUT2D eigenvalue weighted by molar-refractivity contribution is 9.10. The van der Waals surface area contributed by atoms with E-state index in [1.165, 1.54) is 14.2 Å². The summed E-state index contributed by atoms with van der Waals surface area (Å²) in [6.07, 6.45) is 0. The van der Waals surface area contributed by atoms with Crippen LogP contribution in [-0.4, -0.2) is 44.5 Å². The number of methoxy groups -OCH3 is 2. The predicted molar refractivity (Wildman–Crippen MR) is 154 cm³/mol. The minimum absolute atomic E-state index is 0.307. The molecule has 0 unspecified atom stereocenters. The Hall–Kier alpha value is -3.20. The van der Waals surface area contributed by atoms with Gasteiger partial charge in [0.1, 0.15) is 0 Å². The molecule has 1 saturated heterocycles. The van der Waals surface area contributed by atoms with Gasteiger partial charge in [0.25, 0.3) is 0 Å². The lowest BCUT2D eigenvalue weighted by Crippen LogP contribution is -2.41. The number of fused-ring (bicyclic) bond motifs is 2. The molecule has 1 fully saturated rings. The molecule has 6 nitrogen and oxygen atoms in total. The molecule has 1 heterocycles. The minimum Gasteiger partial charge on any atom is -0.465 e. The van der Waals surface area contributed by atoms with Crippen molar-refractivity contribution in [3.05, 3.63) is 88.4 Å². The zero-order chi connectivity index (χ0) is 27.7. The van der Waals surface area contributed by atoms with Gasteiger partial charge < -0.3 is 18.8 Å². The second kappa shape index (κ2) is 10.9. The Morgan fingerprint density at radius 1 is 0.711 bits per heavy atom. The molecule has 38 heavy (non-hydrogen) atoms. The van der Waals surface area contributed by atoms with Gasteiger partial charge in [-0.1, -0.05) is 64.5 Å². The third-order valence-electron chi connectivity index (χ3n) is 7.09. The van der Waals surface area contributed by atoms with E-state index >= 15 is 0 Å². The van der Waals surface area contributed by atoms with Gasteiger partial charge in [-0.05, 0) is 79.0 Å². The first-order valence-electron chi connectivity index (χ1n) is 12.2. The molecule has 4 aromatic carbocycles. The molecule has 8 heteroatoms. The van der Waals surface area contributed by atoms with E-state index in [9.17, 15) is 9.59 Å². The summed E-state index contributed by atoms with van der Waals surface area (Å²) in [4.78, 5) is 23.5. The molecule has 0 bridgehead atoms. The quantitative estimate of drug-likeness (QED) is 0.210. The normalized spacial score (nSPS) is 15.6. The molecule has 1 aliphatic rings. The molecule has 0 aliphatic carbocycles. The van der Waals surface area contributed by atoms with Gasteiger partial charge in [-0.15, -0.1) is 0 Å². The molecule has 0 atom stereocenters. The zero-order valence-electron chi connectivity index (χ0n) is 22.3. The fraction of sp³-hybridized carbons (Fsp3) is 0.267. The van der Waals surface area contributed by atoms with Crippen LogP contribution < -0.4 is 5.46 Å². The fourth-order valence-electron chi connectivity index (χ4n) is 4.24. The summed E-state index contributed by atoms with van der Waals surface area (Å²) in [6.45, 7) is 8.09. The Morgan fingerprint density at radius 2 is 1.18 bits per heavy atom. The van der Waals surface area contributed by atoms with Gasteiger partial charge >= 0.3 is 19.1 Å². The number of benzene rings is 4. The van der Waals surface area contributed by atoms with E-state index in [-0.39, 0.29) is 11.9 Å². The summed E-state index contributed by atoms with van der Waals surface area (Å²) in [6, 6.07) is 22.9. The summed E-state index contributed by atoms with van der Waals surface area (Å²) in [7, 11) is 2.33. The lowest BCUT2D eigenvalue weighted by atomic mass is 9.78. The second-order valence-corrected chi connectivity index (χ2v) is 10.9. The van der Waals surface area contributed by atoms with Crippen LogP contribution in [0.2, 0.25) is 0 Å². The molecule has 0 saturated carbocycles. The van der Waals surface area contributed by atoms with Gasteiger partial charge in [0.2, 0.25) is 0 Å². The highest BCUT2D eigenvalue weighted by Crippen LogP contribution is 2.36. The topological polar surface area (TPSA) is 71.1 Å². The van der Waals surface area contributed by atoms with Crippen LogP contribution >= 0.6 is 15.9 Å². The minimum atomic E-state index is -0.449. The molecule has 0 radical (unpaired) electrons. The maximum atomic E-state index is 12.0. The summed E-state index contributed by atoms with van der Waals surface area (Å²) < 4.78 is 22.7. The summed E-state index contributed by atoms with van der Waals surface area (Å²) in [5.41, 5.74) is 1.25. The van der Waals surface area contributed by atoms with Crippen LogP contribution in [0.15, 0.2) is 77.3 Å². The number of hydrogen-bond donors (Lipinski definition) is 0. The number of hydrogen-bond acceptors (Lipinski definition) is 6. The van der Waals surface area contributed by atoms with Gasteiger partial charge in [-0.2, -0.15) is 0 Å². The van der Waals surface area contributed by atoms with Crippen molar-refractivity contribution in [1.29, 1.82) is 0 Å². The number of rotatable bonds is 3. The van der Waals surface area contributed by atoms with Gasteiger partial charge in [-0.3, -0.25) is 0 Å². The Labute approximate surface area is 231 Å². The standard InChI is InChI=1S/C18H21BO4.C12H9BrO2/c1-17(2)18(3,4)23-19(22-17)13-10-9-12-7-6-8-14(15(12)11-13)16(20)21-5;1-15-12(14)10-4-2-3-8-5-6-9(13)7-11(8)10/h6-11H,1-5H3;2-7H,1H3. The number of carbonyl (C=O) groups is 2. The first kappa shape index (κ1) is 27.8. The summed E-state index contributed by atoms with van der Waals surface area (Å²) in [5.74, 6) is -0.652. The van der Waals surface area contributed by atoms with Crippen LogP contribution in [0.5, 0.6) is 0 Å². The Morgan fingerprint density at radius 3 is 1.68 bits per heavy atom. The number of esters is 2. The first-order valence-corrected chi connectivity index (χ1v) is 13.0. The molecular formula is C30H30BBrO6. The Bertz CT molecular complexity index is 1500. The highest BCUT2D eigenvalue weighted by Gasteiger charge is 2.51. The van der Waals surface area contributed by atoms with Crippen molar-refractivity contribution in [1.82, 2.24) is 0 Å². The van der Waals surface area contributed by atoms with Crippen LogP contribution in [-0.2, 0) is 18.8 Å². The first-order chi connectivity index (χ1) is 18.0. The number of halogens is 1. The summed E-state index contributed by atoms with van der Waals surface area (Å²) >= 11 is 3.39. The van der Waals surface area contributed by atoms with Crippen molar-refractivity contribution in [3.63, 3.8) is 0 Å². The lowest BCUT2D eigenvalue weighted by molar-refractivity contribution is 0.00578. The van der Waals surface area contributed by atoms with Crippen molar-refractivity contribution in [2.75, 3.05) is 14.2 Å². The lowest BCUT2D eigenvalue weighted by Gasteiger charge is -2.32. The van der Waals surface area contributed by atoms with Crippen molar-refractivity contribution >= 4 is 62.0 Å². The van der Waals surface area contributed by atoms with Crippen LogP contribution in [0.4, 0.5) is 0 Å². The molecule has 0 spiro atoms. The predicted octanol–water partition coefficient (Wildman–Crippen LogP) is 6.31. The van der Waals surface area contributed by atoms with Crippen LogP contribution in [0, 0.1) is 0 Å². The van der Waals surface area contributed by atoms with Crippen molar-refractivity contribution in [2.45, 2.75) is 38.9 Å². The van der Waals surface area contributed by atoms with Gasteiger partial charge in [0.15, 0.2) is 0 Å². The SMILES string of the molecule is COC(=O)c1cccc2ccc(B3OC(C)(C)C(C)(C)O3)cc12.COC(=O)c1cccc2ccc(Br)cc12. The Kier molecular flexibility index (Phi) is 7.97. The van der Waals surface area contributed by atoms with E-state index in [1.54, 1.807) is 12.1 Å². The molecule has 4 aromatic rings. The molecule has 0 aromatic heterocycles. The molecule has 1 aliphatic heterocycles. The molecule has 0 N–H and O–H groups in total. The van der Waals surface area contributed by atoms with E-state index in [0.29, 0.717) is 11.1 Å². The van der Waals surface area contributed by atoms with E-state index in [1.807, 2.05) is 88.4 Å². The third-order valence-corrected chi connectivity index (χ3v) is 7.58. The van der Waals surface area contributed by atoms with E-state index in [4.69, 9.17) is 18.8 Å². The van der Waals surface area contributed by atoms with E-state index in [2.05, 4.69) is 15.9 Å². The fourth-order valence-corrected chi connectivity index (χ4v) is 4.60. The summed E-state index contributed by atoms with van der Waals surface area (Å²) in [5, 5.41) is 3.75.